The van der Waals surface area contributed by atoms with Crippen molar-refractivity contribution in [3.63, 3.8) is 0 Å². The van der Waals surface area contributed by atoms with Crippen LogP contribution < -0.4 is 9.47 Å². The maximum atomic E-state index is 10.6. The summed E-state index contributed by atoms with van der Waals surface area (Å²) in [7, 11) is 0. The zero-order valence-electron chi connectivity index (χ0n) is 26.4. The fourth-order valence-electron chi connectivity index (χ4n) is 3.96. The second-order valence-electron chi connectivity index (χ2n) is 11.2. The lowest BCUT2D eigenvalue weighted by atomic mass is 10.2. The largest absolute Gasteiger partial charge is 0.491 e. The summed E-state index contributed by atoms with van der Waals surface area (Å²) >= 11 is 0. The van der Waals surface area contributed by atoms with Gasteiger partial charge in [-0.25, -0.2) is 0 Å². The first-order valence-corrected chi connectivity index (χ1v) is 15.0. The van der Waals surface area contributed by atoms with Gasteiger partial charge in [-0.1, -0.05) is 24.3 Å². The average molecular weight is 592 g/mol. The summed E-state index contributed by atoms with van der Waals surface area (Å²) < 4.78 is 33.8. The Balaban J connectivity index is 1.67. The first-order chi connectivity index (χ1) is 20.1. The zero-order valence-corrected chi connectivity index (χ0v) is 26.4. The van der Waals surface area contributed by atoms with Crippen molar-refractivity contribution in [2.75, 3.05) is 52.7 Å². The van der Waals surface area contributed by atoms with Crippen LogP contribution in [0.3, 0.4) is 0 Å². The van der Waals surface area contributed by atoms with Gasteiger partial charge in [0, 0.05) is 19.1 Å². The number of aliphatic hydroxyl groups excluding tert-OH is 2. The molecule has 0 fully saturated rings. The van der Waals surface area contributed by atoms with Gasteiger partial charge in [0.2, 0.25) is 0 Å². The van der Waals surface area contributed by atoms with E-state index in [4.69, 9.17) is 28.4 Å². The SMILES string of the molecule is CC(C)OCCOCc1ccc(OCC(O)CN(CC(O)COc2ccc(COCCOC(C)C)cc2)C(C)C)cc1. The molecule has 2 aromatic rings. The summed E-state index contributed by atoms with van der Waals surface area (Å²) in [4.78, 5) is 2.02. The highest BCUT2D eigenvalue weighted by atomic mass is 16.5. The van der Waals surface area contributed by atoms with E-state index in [2.05, 4.69) is 0 Å². The number of hydrogen-bond donors (Lipinski definition) is 2. The highest BCUT2D eigenvalue weighted by molar-refractivity contribution is 5.27. The highest BCUT2D eigenvalue weighted by Gasteiger charge is 2.19. The smallest absolute Gasteiger partial charge is 0.119 e. The van der Waals surface area contributed by atoms with E-state index in [1.165, 1.54) is 0 Å². The molecular weight excluding hydrogens is 538 g/mol. The van der Waals surface area contributed by atoms with E-state index < -0.39 is 12.2 Å². The molecule has 2 unspecified atom stereocenters. The minimum atomic E-state index is -0.712. The summed E-state index contributed by atoms with van der Waals surface area (Å²) in [5.41, 5.74) is 2.09. The fourth-order valence-corrected chi connectivity index (χ4v) is 3.96. The molecule has 0 bridgehead atoms. The van der Waals surface area contributed by atoms with Crippen LogP contribution in [0.1, 0.15) is 52.7 Å². The molecule has 0 radical (unpaired) electrons. The first-order valence-electron chi connectivity index (χ1n) is 15.0. The van der Waals surface area contributed by atoms with Gasteiger partial charge < -0.3 is 38.6 Å². The summed E-state index contributed by atoms with van der Waals surface area (Å²) in [6, 6.07) is 15.4. The second kappa shape index (κ2) is 20.6. The Hall–Kier alpha value is -2.24. The van der Waals surface area contributed by atoms with Crippen molar-refractivity contribution in [1.82, 2.24) is 4.90 Å². The van der Waals surface area contributed by atoms with Crippen LogP contribution in [-0.2, 0) is 32.2 Å². The van der Waals surface area contributed by atoms with E-state index in [-0.39, 0.29) is 31.5 Å². The van der Waals surface area contributed by atoms with E-state index >= 15 is 0 Å². The number of nitrogens with zero attached hydrogens (tertiary/aromatic N) is 1. The van der Waals surface area contributed by atoms with Crippen LogP contribution in [-0.4, -0.2) is 98.3 Å². The molecule has 0 heterocycles. The molecule has 0 aliphatic rings. The molecule has 0 aromatic heterocycles. The third kappa shape index (κ3) is 16.4. The highest BCUT2D eigenvalue weighted by Crippen LogP contribution is 2.15. The average Bonchev–Trinajstić information content (AvgIpc) is 2.95. The molecule has 42 heavy (non-hydrogen) atoms. The molecule has 9 heteroatoms. The quantitative estimate of drug-likeness (QED) is 0.182. The molecule has 2 N–H and O–H groups in total. The zero-order chi connectivity index (χ0) is 30.7. The van der Waals surface area contributed by atoms with E-state index in [1.807, 2.05) is 95.0 Å². The van der Waals surface area contributed by atoms with Crippen molar-refractivity contribution in [3.8, 4) is 11.5 Å². The molecule has 2 atom stereocenters. The van der Waals surface area contributed by atoms with Crippen molar-refractivity contribution in [2.45, 2.75) is 85.2 Å². The van der Waals surface area contributed by atoms with E-state index in [9.17, 15) is 10.2 Å². The Morgan fingerprint density at radius 1 is 0.571 bits per heavy atom. The van der Waals surface area contributed by atoms with Crippen LogP contribution in [0.2, 0.25) is 0 Å². The Labute approximate surface area is 252 Å². The van der Waals surface area contributed by atoms with Crippen LogP contribution in [0.4, 0.5) is 0 Å². The molecule has 2 aromatic carbocycles. The van der Waals surface area contributed by atoms with E-state index in [0.717, 1.165) is 11.1 Å². The van der Waals surface area contributed by atoms with Crippen molar-refractivity contribution in [2.24, 2.45) is 0 Å². The number of benzene rings is 2. The van der Waals surface area contributed by atoms with Gasteiger partial charge in [-0.15, -0.1) is 0 Å². The van der Waals surface area contributed by atoms with Gasteiger partial charge in [0.1, 0.15) is 36.9 Å². The fraction of sp³-hybridized carbons (Fsp3) is 0.636. The van der Waals surface area contributed by atoms with Crippen LogP contribution in [0.25, 0.3) is 0 Å². The van der Waals surface area contributed by atoms with E-state index in [1.54, 1.807) is 0 Å². The van der Waals surface area contributed by atoms with Crippen molar-refractivity contribution in [3.05, 3.63) is 59.7 Å². The Bertz CT molecular complexity index is 863. The van der Waals surface area contributed by atoms with Gasteiger partial charge in [-0.3, -0.25) is 4.90 Å². The normalized spacial score (nSPS) is 13.3. The Kier molecular flexibility index (Phi) is 17.7. The molecule has 0 saturated carbocycles. The van der Waals surface area contributed by atoms with Crippen LogP contribution >= 0.6 is 0 Å². The van der Waals surface area contributed by atoms with E-state index in [0.29, 0.717) is 64.2 Å². The minimum Gasteiger partial charge on any atom is -0.491 e. The summed E-state index contributed by atoms with van der Waals surface area (Å²) in [5, 5.41) is 21.2. The maximum absolute atomic E-state index is 10.6. The van der Waals surface area contributed by atoms with Gasteiger partial charge in [0.15, 0.2) is 0 Å². The maximum Gasteiger partial charge on any atom is 0.119 e. The molecule has 0 spiro atoms. The topological polar surface area (TPSA) is 99.1 Å². The lowest BCUT2D eigenvalue weighted by molar-refractivity contribution is 0.0142. The van der Waals surface area contributed by atoms with Crippen molar-refractivity contribution < 1.29 is 38.6 Å². The molecule has 0 saturated heterocycles. The van der Waals surface area contributed by atoms with Crippen LogP contribution in [0, 0.1) is 0 Å². The van der Waals surface area contributed by atoms with Gasteiger partial charge in [-0.05, 0) is 76.9 Å². The predicted octanol–water partition coefficient (Wildman–Crippen LogP) is 4.46. The molecule has 2 rings (SSSR count). The Morgan fingerprint density at radius 2 is 0.952 bits per heavy atom. The molecule has 238 valence electrons. The van der Waals surface area contributed by atoms with Gasteiger partial charge in [-0.2, -0.15) is 0 Å². The van der Waals surface area contributed by atoms with Gasteiger partial charge in [0.05, 0.1) is 51.8 Å². The molecule has 0 aliphatic heterocycles. The van der Waals surface area contributed by atoms with Crippen LogP contribution in [0.5, 0.6) is 11.5 Å². The molecule has 9 nitrogen and oxygen atoms in total. The van der Waals surface area contributed by atoms with Crippen molar-refractivity contribution in [1.29, 1.82) is 0 Å². The third-order valence-corrected chi connectivity index (χ3v) is 6.25. The molecule has 0 amide bonds. The number of ether oxygens (including phenoxy) is 6. The molecule has 0 aliphatic carbocycles. The minimum absolute atomic E-state index is 0.129. The monoisotopic (exact) mass is 591 g/mol. The van der Waals surface area contributed by atoms with Crippen LogP contribution in [0.15, 0.2) is 48.5 Å². The first kappa shape index (κ1) is 36.0. The lowest BCUT2D eigenvalue weighted by Gasteiger charge is -2.30. The van der Waals surface area contributed by atoms with Gasteiger partial charge >= 0.3 is 0 Å². The van der Waals surface area contributed by atoms with Crippen molar-refractivity contribution >= 4 is 0 Å². The number of aliphatic hydroxyl groups is 2. The lowest BCUT2D eigenvalue weighted by Crippen LogP contribution is -2.45. The number of hydrogen-bond acceptors (Lipinski definition) is 9. The number of rotatable bonds is 23. The van der Waals surface area contributed by atoms with Gasteiger partial charge in [0.25, 0.3) is 0 Å². The summed E-state index contributed by atoms with van der Waals surface area (Å²) in [5.74, 6) is 1.37. The standard InChI is InChI=1S/C33H53NO8/c1-25(2)34(19-30(35)23-41-32-11-7-28(8-12-32)21-37-15-17-39-26(3)4)20-31(36)24-42-33-13-9-29(10-14-33)22-38-16-18-40-27(5)6/h7-14,25-27,30-31,35-36H,15-24H2,1-6H3. The molecular formula is C33H53NO8. The third-order valence-electron chi connectivity index (χ3n) is 6.25. The summed E-state index contributed by atoms with van der Waals surface area (Å²) in [6.07, 6.45) is -1.02. The predicted molar refractivity (Wildman–Crippen MR) is 164 cm³/mol. The summed E-state index contributed by atoms with van der Waals surface area (Å²) in [6.45, 7) is 16.4. The second-order valence-corrected chi connectivity index (χ2v) is 11.2. The Morgan fingerprint density at radius 3 is 1.29 bits per heavy atom.